The van der Waals surface area contributed by atoms with E-state index >= 15 is 0 Å². The first-order chi connectivity index (χ1) is 10.2. The van der Waals surface area contributed by atoms with Gasteiger partial charge >= 0.3 is 11.7 Å². The summed E-state index contributed by atoms with van der Waals surface area (Å²) in [5.74, 6) is 0.699. The third-order valence-corrected chi connectivity index (χ3v) is 3.90. The number of fused-ring (bicyclic) bond motifs is 3. The van der Waals surface area contributed by atoms with Gasteiger partial charge in [0.2, 0.25) is 6.04 Å². The largest absolute Gasteiger partial charge is 0.364 e. The predicted molar refractivity (Wildman–Crippen MR) is 80.4 cm³/mol. The molecular formula is C16H11ClN3O+. The van der Waals surface area contributed by atoms with Crippen LogP contribution in [0.1, 0.15) is 16.4 Å². The molecule has 4 rings (SSSR count). The fraction of sp³-hybridized carbons (Fsp3) is 0.0625. The monoisotopic (exact) mass is 296 g/mol. The Morgan fingerprint density at radius 2 is 1.86 bits per heavy atom. The first-order valence-corrected chi connectivity index (χ1v) is 6.98. The maximum atomic E-state index is 12.7. The Kier molecular flexibility index (Phi) is 2.65. The summed E-state index contributed by atoms with van der Waals surface area (Å²) in [6.07, 6.45) is 1.69. The second kappa shape index (κ2) is 4.53. The summed E-state index contributed by atoms with van der Waals surface area (Å²) < 4.78 is 1.68. The maximum Gasteiger partial charge on any atom is 0.364 e. The molecule has 0 aliphatic carbocycles. The van der Waals surface area contributed by atoms with E-state index < -0.39 is 6.04 Å². The van der Waals surface area contributed by atoms with E-state index in [0.29, 0.717) is 10.8 Å². The Morgan fingerprint density at radius 1 is 1.10 bits per heavy atom. The van der Waals surface area contributed by atoms with E-state index in [1.165, 1.54) is 0 Å². The van der Waals surface area contributed by atoms with Gasteiger partial charge in [-0.25, -0.2) is 9.78 Å². The molecule has 2 heterocycles. The van der Waals surface area contributed by atoms with Crippen LogP contribution in [0.4, 0.5) is 5.82 Å². The second-order valence-electron chi connectivity index (χ2n) is 4.93. The molecule has 0 spiro atoms. The SMILES string of the molecule is O=C1C(c2ccc(Cl)cc2)Nc2cnc3ccccc3[n+]21. The van der Waals surface area contributed by atoms with E-state index in [9.17, 15) is 4.79 Å². The number of para-hydroxylation sites is 2. The lowest BCUT2D eigenvalue weighted by Crippen LogP contribution is -2.41. The van der Waals surface area contributed by atoms with E-state index in [-0.39, 0.29) is 5.91 Å². The number of nitrogens with zero attached hydrogens (tertiary/aromatic N) is 2. The highest BCUT2D eigenvalue weighted by atomic mass is 35.5. The van der Waals surface area contributed by atoms with Crippen molar-refractivity contribution in [2.45, 2.75) is 6.04 Å². The van der Waals surface area contributed by atoms with Gasteiger partial charge in [0, 0.05) is 10.6 Å². The van der Waals surface area contributed by atoms with Crippen molar-refractivity contribution >= 4 is 34.4 Å². The highest BCUT2D eigenvalue weighted by Gasteiger charge is 2.40. The number of carbonyl (C=O) groups is 1. The molecule has 2 aromatic carbocycles. The van der Waals surface area contributed by atoms with Crippen LogP contribution in [0, 0.1) is 0 Å². The van der Waals surface area contributed by atoms with Gasteiger partial charge in [-0.2, -0.15) is 4.57 Å². The Balaban J connectivity index is 1.85. The minimum absolute atomic E-state index is 0.00841. The molecule has 1 aromatic heterocycles. The minimum Gasteiger partial charge on any atom is -0.254 e. The molecule has 0 fully saturated rings. The molecular weight excluding hydrogens is 286 g/mol. The van der Waals surface area contributed by atoms with Crippen molar-refractivity contribution in [1.29, 1.82) is 0 Å². The minimum atomic E-state index is -0.408. The molecule has 1 atom stereocenters. The fourth-order valence-electron chi connectivity index (χ4n) is 2.64. The van der Waals surface area contributed by atoms with Crippen LogP contribution in [0.2, 0.25) is 5.02 Å². The van der Waals surface area contributed by atoms with E-state index in [1.54, 1.807) is 22.9 Å². The number of carbonyl (C=O) groups excluding carboxylic acids is 1. The fourth-order valence-corrected chi connectivity index (χ4v) is 2.77. The molecule has 0 amide bonds. The standard InChI is InChI=1S/C16H10ClN3O/c17-11-7-5-10(6-8-11)15-16(21)20-13-4-2-1-3-12(13)18-9-14(20)19-15/h1-9,15H/p+1. The van der Waals surface area contributed by atoms with E-state index in [1.807, 2.05) is 36.4 Å². The molecule has 1 aliphatic rings. The molecule has 5 heteroatoms. The van der Waals surface area contributed by atoms with Crippen molar-refractivity contribution in [2.24, 2.45) is 0 Å². The molecule has 0 bridgehead atoms. The van der Waals surface area contributed by atoms with Crippen molar-refractivity contribution in [3.63, 3.8) is 0 Å². The third kappa shape index (κ3) is 1.87. The number of benzene rings is 2. The molecule has 3 aromatic rings. The molecule has 0 saturated heterocycles. The van der Waals surface area contributed by atoms with E-state index in [2.05, 4.69) is 10.3 Å². The third-order valence-electron chi connectivity index (χ3n) is 3.65. The van der Waals surface area contributed by atoms with Crippen LogP contribution in [-0.2, 0) is 0 Å². The van der Waals surface area contributed by atoms with Gasteiger partial charge in [0.05, 0.1) is 0 Å². The second-order valence-corrected chi connectivity index (χ2v) is 5.37. The van der Waals surface area contributed by atoms with E-state index in [0.717, 1.165) is 16.6 Å². The summed E-state index contributed by atoms with van der Waals surface area (Å²) in [5, 5.41) is 3.87. The Labute approximate surface area is 126 Å². The van der Waals surface area contributed by atoms with E-state index in [4.69, 9.17) is 11.6 Å². The first kappa shape index (κ1) is 12.3. The molecule has 0 saturated carbocycles. The van der Waals surface area contributed by atoms with Crippen molar-refractivity contribution in [3.8, 4) is 0 Å². The van der Waals surface area contributed by atoms with Gasteiger partial charge in [-0.3, -0.25) is 5.32 Å². The first-order valence-electron chi connectivity index (χ1n) is 6.60. The van der Waals surface area contributed by atoms with Gasteiger partial charge < -0.3 is 0 Å². The zero-order chi connectivity index (χ0) is 14.4. The zero-order valence-corrected chi connectivity index (χ0v) is 11.7. The number of anilines is 1. The molecule has 1 unspecified atom stereocenters. The summed E-state index contributed by atoms with van der Waals surface area (Å²) in [4.78, 5) is 17.1. The quantitative estimate of drug-likeness (QED) is 0.702. The molecule has 4 nitrogen and oxygen atoms in total. The average Bonchev–Trinajstić information content (AvgIpc) is 2.86. The number of rotatable bonds is 1. The Hall–Kier alpha value is -2.46. The maximum absolute atomic E-state index is 12.7. The van der Waals surface area contributed by atoms with Gasteiger partial charge in [0.1, 0.15) is 11.7 Å². The van der Waals surface area contributed by atoms with Crippen LogP contribution >= 0.6 is 11.6 Å². The lowest BCUT2D eigenvalue weighted by Gasteiger charge is -2.03. The van der Waals surface area contributed by atoms with Crippen molar-refractivity contribution in [2.75, 3.05) is 5.32 Å². The normalized spacial score (nSPS) is 16.8. The van der Waals surface area contributed by atoms with Gasteiger partial charge in [0.25, 0.3) is 0 Å². The Bertz CT molecular complexity index is 861. The van der Waals surface area contributed by atoms with Gasteiger partial charge in [-0.15, -0.1) is 0 Å². The number of hydrogen-bond acceptors (Lipinski definition) is 3. The van der Waals surface area contributed by atoms with Crippen LogP contribution in [0.25, 0.3) is 11.0 Å². The summed E-state index contributed by atoms with van der Waals surface area (Å²) in [7, 11) is 0. The van der Waals surface area contributed by atoms with Crippen LogP contribution < -0.4 is 9.88 Å². The van der Waals surface area contributed by atoms with Crippen LogP contribution in [0.3, 0.4) is 0 Å². The smallest absolute Gasteiger partial charge is 0.254 e. The number of aromatic nitrogens is 2. The molecule has 102 valence electrons. The lowest BCUT2D eigenvalue weighted by atomic mass is 10.1. The summed E-state index contributed by atoms with van der Waals surface area (Å²) in [6.45, 7) is 0. The van der Waals surface area contributed by atoms with Crippen molar-refractivity contribution in [3.05, 3.63) is 65.3 Å². The van der Waals surface area contributed by atoms with Crippen molar-refractivity contribution in [1.82, 2.24) is 4.98 Å². The molecule has 0 radical (unpaired) electrons. The highest BCUT2D eigenvalue weighted by molar-refractivity contribution is 6.30. The van der Waals surface area contributed by atoms with Gasteiger partial charge in [-0.1, -0.05) is 35.9 Å². The molecule has 1 N–H and O–H groups in total. The van der Waals surface area contributed by atoms with Crippen LogP contribution in [0.5, 0.6) is 0 Å². The summed E-state index contributed by atoms with van der Waals surface area (Å²) in [5.41, 5.74) is 2.49. The zero-order valence-electron chi connectivity index (χ0n) is 11.0. The van der Waals surface area contributed by atoms with Gasteiger partial charge in [0.15, 0.2) is 5.52 Å². The number of nitrogens with one attached hydrogen (secondary N) is 1. The summed E-state index contributed by atoms with van der Waals surface area (Å²) >= 11 is 5.90. The predicted octanol–water partition coefficient (Wildman–Crippen LogP) is 2.98. The lowest BCUT2D eigenvalue weighted by molar-refractivity contribution is -0.524. The Morgan fingerprint density at radius 3 is 2.67 bits per heavy atom. The van der Waals surface area contributed by atoms with Gasteiger partial charge in [-0.05, 0) is 24.3 Å². The molecule has 21 heavy (non-hydrogen) atoms. The molecule has 1 aliphatic heterocycles. The average molecular weight is 297 g/mol. The highest BCUT2D eigenvalue weighted by Crippen LogP contribution is 2.26. The topological polar surface area (TPSA) is 45.9 Å². The van der Waals surface area contributed by atoms with Crippen LogP contribution in [0.15, 0.2) is 54.7 Å². The summed E-state index contributed by atoms with van der Waals surface area (Å²) in [6, 6.07) is 14.5. The van der Waals surface area contributed by atoms with Crippen molar-refractivity contribution < 1.29 is 9.36 Å². The number of hydrogen-bond donors (Lipinski definition) is 1. The van der Waals surface area contributed by atoms with Crippen LogP contribution in [-0.4, -0.2) is 10.9 Å². The number of halogens is 1.